The Bertz CT molecular complexity index is 599. The summed E-state index contributed by atoms with van der Waals surface area (Å²) in [6.45, 7) is 0.352. The normalized spacial score (nSPS) is 12.0. The molecule has 0 aliphatic heterocycles. The van der Waals surface area contributed by atoms with Gasteiger partial charge in [-0.15, -0.1) is 0 Å². The predicted octanol–water partition coefficient (Wildman–Crippen LogP) is 3.59. The van der Waals surface area contributed by atoms with Crippen molar-refractivity contribution in [1.29, 1.82) is 0 Å². The van der Waals surface area contributed by atoms with Crippen molar-refractivity contribution in [3.8, 4) is 0 Å². The average Bonchev–Trinajstić information content (AvgIpc) is 2.47. The molecule has 21 heavy (non-hydrogen) atoms. The van der Waals surface area contributed by atoms with Crippen LogP contribution >= 0.6 is 15.9 Å². The molecule has 0 aromatic heterocycles. The maximum Gasteiger partial charge on any atom is 0.327 e. The Hall–Kier alpha value is -1.72. The first-order chi connectivity index (χ1) is 10.1. The van der Waals surface area contributed by atoms with Crippen molar-refractivity contribution in [3.05, 3.63) is 69.9 Å². The van der Waals surface area contributed by atoms with Gasteiger partial charge in [-0.1, -0.05) is 46.3 Å². The second-order valence-electron chi connectivity index (χ2n) is 4.53. The molecule has 110 valence electrons. The summed E-state index contributed by atoms with van der Waals surface area (Å²) in [7, 11) is 1.35. The standard InChI is InChI=1S/C16H15BrFNO2/c1-21-16(20)15(12-5-3-2-4-6-12)19-10-11-7-13(17)9-14(18)8-11/h2-9,15,19H,10H2,1H3. The van der Waals surface area contributed by atoms with E-state index in [1.54, 1.807) is 6.07 Å². The molecule has 5 heteroatoms. The fourth-order valence-electron chi connectivity index (χ4n) is 2.03. The number of ether oxygens (including phenoxy) is 1. The molecule has 0 saturated heterocycles. The van der Waals surface area contributed by atoms with Crippen molar-refractivity contribution < 1.29 is 13.9 Å². The van der Waals surface area contributed by atoms with E-state index < -0.39 is 6.04 Å². The quantitative estimate of drug-likeness (QED) is 0.836. The minimum atomic E-state index is -0.585. The molecule has 0 fully saturated rings. The molecule has 1 N–H and O–H groups in total. The summed E-state index contributed by atoms with van der Waals surface area (Å²) >= 11 is 3.25. The fraction of sp³-hybridized carbons (Fsp3) is 0.188. The minimum Gasteiger partial charge on any atom is -0.468 e. The molecule has 0 saturated carbocycles. The molecule has 3 nitrogen and oxygen atoms in total. The highest BCUT2D eigenvalue weighted by atomic mass is 79.9. The monoisotopic (exact) mass is 351 g/mol. The first kappa shape index (κ1) is 15.7. The molecular weight excluding hydrogens is 337 g/mol. The van der Waals surface area contributed by atoms with Gasteiger partial charge in [0, 0.05) is 11.0 Å². The van der Waals surface area contributed by atoms with E-state index in [1.165, 1.54) is 19.2 Å². The zero-order valence-corrected chi connectivity index (χ0v) is 13.1. The first-order valence-corrected chi connectivity index (χ1v) is 7.20. The third-order valence-electron chi connectivity index (χ3n) is 3.00. The Balaban J connectivity index is 2.14. The van der Waals surface area contributed by atoms with Crippen molar-refractivity contribution >= 4 is 21.9 Å². The van der Waals surface area contributed by atoms with Crippen LogP contribution in [0, 0.1) is 5.82 Å². The van der Waals surface area contributed by atoms with Crippen LogP contribution in [0.1, 0.15) is 17.2 Å². The van der Waals surface area contributed by atoms with E-state index in [9.17, 15) is 9.18 Å². The van der Waals surface area contributed by atoms with E-state index in [0.717, 1.165) is 11.1 Å². The van der Waals surface area contributed by atoms with Crippen LogP contribution in [0.15, 0.2) is 53.0 Å². The predicted molar refractivity (Wildman–Crippen MR) is 82.1 cm³/mol. The summed E-state index contributed by atoms with van der Waals surface area (Å²) in [4.78, 5) is 11.9. The maximum atomic E-state index is 13.4. The van der Waals surface area contributed by atoms with Gasteiger partial charge in [0.05, 0.1) is 7.11 Å². The van der Waals surface area contributed by atoms with Crippen LogP contribution in [0.4, 0.5) is 4.39 Å². The SMILES string of the molecule is COC(=O)C(NCc1cc(F)cc(Br)c1)c1ccccc1. The lowest BCUT2D eigenvalue weighted by molar-refractivity contribution is -0.143. The highest BCUT2D eigenvalue weighted by Gasteiger charge is 2.20. The van der Waals surface area contributed by atoms with Gasteiger partial charge in [0.15, 0.2) is 0 Å². The number of rotatable bonds is 5. The summed E-state index contributed by atoms with van der Waals surface area (Å²) < 4.78 is 18.8. The minimum absolute atomic E-state index is 0.324. The molecule has 0 radical (unpaired) electrons. The zero-order chi connectivity index (χ0) is 15.2. The van der Waals surface area contributed by atoms with Crippen LogP contribution < -0.4 is 5.32 Å². The Kier molecular flexibility index (Phi) is 5.47. The smallest absolute Gasteiger partial charge is 0.327 e. The topological polar surface area (TPSA) is 38.3 Å². The Morgan fingerprint density at radius 2 is 2.00 bits per heavy atom. The highest BCUT2D eigenvalue weighted by Crippen LogP contribution is 2.18. The van der Waals surface area contributed by atoms with E-state index in [2.05, 4.69) is 21.2 Å². The fourth-order valence-corrected chi connectivity index (χ4v) is 2.55. The molecule has 1 atom stereocenters. The third-order valence-corrected chi connectivity index (χ3v) is 3.46. The second kappa shape index (κ2) is 7.33. The number of nitrogens with one attached hydrogen (secondary N) is 1. The van der Waals surface area contributed by atoms with Crippen molar-refractivity contribution in [2.75, 3.05) is 7.11 Å². The summed E-state index contributed by atoms with van der Waals surface area (Å²) in [6, 6.07) is 13.3. The Morgan fingerprint density at radius 1 is 1.29 bits per heavy atom. The number of hydrogen-bond donors (Lipinski definition) is 1. The molecule has 1 unspecified atom stereocenters. The maximum absolute atomic E-state index is 13.4. The molecule has 2 rings (SSSR count). The molecule has 0 amide bonds. The van der Waals surface area contributed by atoms with Crippen molar-refractivity contribution in [1.82, 2.24) is 5.32 Å². The van der Waals surface area contributed by atoms with Gasteiger partial charge < -0.3 is 4.74 Å². The van der Waals surface area contributed by atoms with Crippen LogP contribution in [0.3, 0.4) is 0 Å². The third kappa shape index (κ3) is 4.37. The number of benzene rings is 2. The number of hydrogen-bond acceptors (Lipinski definition) is 3. The molecule has 0 heterocycles. The number of halogens is 2. The van der Waals surface area contributed by atoms with E-state index in [4.69, 9.17) is 4.74 Å². The number of carbonyl (C=O) groups is 1. The number of methoxy groups -OCH3 is 1. The highest BCUT2D eigenvalue weighted by molar-refractivity contribution is 9.10. The lowest BCUT2D eigenvalue weighted by Gasteiger charge is -2.17. The summed E-state index contributed by atoms with van der Waals surface area (Å²) in [5.41, 5.74) is 1.55. The van der Waals surface area contributed by atoms with E-state index >= 15 is 0 Å². The molecule has 0 aliphatic carbocycles. The first-order valence-electron chi connectivity index (χ1n) is 6.41. The summed E-state index contributed by atoms with van der Waals surface area (Å²) in [5, 5.41) is 3.10. The van der Waals surface area contributed by atoms with Gasteiger partial charge in [0.25, 0.3) is 0 Å². The second-order valence-corrected chi connectivity index (χ2v) is 5.44. The van der Waals surface area contributed by atoms with Gasteiger partial charge in [-0.05, 0) is 29.3 Å². The molecule has 0 aliphatic rings. The van der Waals surface area contributed by atoms with Gasteiger partial charge in [-0.2, -0.15) is 0 Å². The van der Waals surface area contributed by atoms with Crippen molar-refractivity contribution in [2.45, 2.75) is 12.6 Å². The van der Waals surface area contributed by atoms with Crippen LogP contribution in [0.5, 0.6) is 0 Å². The average molecular weight is 352 g/mol. The van der Waals surface area contributed by atoms with Gasteiger partial charge in [-0.3, -0.25) is 5.32 Å². The largest absolute Gasteiger partial charge is 0.468 e. The van der Waals surface area contributed by atoms with Crippen molar-refractivity contribution in [2.24, 2.45) is 0 Å². The van der Waals surface area contributed by atoms with E-state index in [0.29, 0.717) is 11.0 Å². The van der Waals surface area contributed by atoms with Gasteiger partial charge in [-0.25, -0.2) is 9.18 Å². The van der Waals surface area contributed by atoms with E-state index in [1.807, 2.05) is 30.3 Å². The van der Waals surface area contributed by atoms with E-state index in [-0.39, 0.29) is 11.8 Å². The van der Waals surface area contributed by atoms with Gasteiger partial charge in [0.2, 0.25) is 0 Å². The molecule has 0 bridgehead atoms. The molecule has 0 spiro atoms. The summed E-state index contributed by atoms with van der Waals surface area (Å²) in [5.74, 6) is -0.702. The lowest BCUT2D eigenvalue weighted by Crippen LogP contribution is -2.29. The Labute approximate surface area is 131 Å². The zero-order valence-electron chi connectivity index (χ0n) is 11.5. The Morgan fingerprint density at radius 3 is 2.62 bits per heavy atom. The summed E-state index contributed by atoms with van der Waals surface area (Å²) in [6.07, 6.45) is 0. The van der Waals surface area contributed by atoms with Gasteiger partial charge in [0.1, 0.15) is 11.9 Å². The van der Waals surface area contributed by atoms with Crippen LogP contribution in [0.2, 0.25) is 0 Å². The van der Waals surface area contributed by atoms with Gasteiger partial charge >= 0.3 is 5.97 Å². The molecule has 2 aromatic carbocycles. The number of esters is 1. The lowest BCUT2D eigenvalue weighted by atomic mass is 10.1. The van der Waals surface area contributed by atoms with Crippen LogP contribution in [-0.4, -0.2) is 13.1 Å². The number of carbonyl (C=O) groups excluding carboxylic acids is 1. The van der Waals surface area contributed by atoms with Crippen molar-refractivity contribution in [3.63, 3.8) is 0 Å². The molecular formula is C16H15BrFNO2. The molecule has 2 aromatic rings. The van der Waals surface area contributed by atoms with Crippen LogP contribution in [0.25, 0.3) is 0 Å². The van der Waals surface area contributed by atoms with Crippen LogP contribution in [-0.2, 0) is 16.1 Å².